The van der Waals surface area contributed by atoms with Crippen LogP contribution in [0, 0.1) is 17.1 Å². The molecule has 0 unspecified atom stereocenters. The van der Waals surface area contributed by atoms with Gasteiger partial charge >= 0.3 is 0 Å². The zero-order chi connectivity index (χ0) is 13.8. The summed E-state index contributed by atoms with van der Waals surface area (Å²) in [4.78, 5) is 1.56. The average Bonchev–Trinajstić information content (AvgIpc) is 2.85. The van der Waals surface area contributed by atoms with Crippen molar-refractivity contribution in [2.45, 2.75) is 26.4 Å². The number of hydrogen-bond donors (Lipinski definition) is 1. The minimum Gasteiger partial charge on any atom is -0.310 e. The van der Waals surface area contributed by atoms with Crippen molar-refractivity contribution in [3.8, 4) is 16.5 Å². The lowest BCUT2D eigenvalue weighted by Gasteiger charge is -2.09. The smallest absolute Gasteiger partial charge is 0.128 e. The molecule has 4 heteroatoms. The number of hydrogen-bond acceptors (Lipinski definition) is 3. The Bertz CT molecular complexity index is 611. The van der Waals surface area contributed by atoms with Gasteiger partial charge in [-0.3, -0.25) is 0 Å². The molecule has 0 bridgehead atoms. The van der Waals surface area contributed by atoms with Crippen molar-refractivity contribution >= 4 is 11.3 Å². The van der Waals surface area contributed by atoms with E-state index in [2.05, 4.69) is 11.4 Å². The summed E-state index contributed by atoms with van der Waals surface area (Å²) in [7, 11) is 0. The Balaban J connectivity index is 2.21. The van der Waals surface area contributed by atoms with Crippen molar-refractivity contribution in [2.24, 2.45) is 0 Å². The Kier molecular flexibility index (Phi) is 4.31. The Morgan fingerprint density at radius 2 is 2.11 bits per heavy atom. The Morgan fingerprint density at radius 3 is 2.68 bits per heavy atom. The van der Waals surface area contributed by atoms with Crippen LogP contribution < -0.4 is 5.32 Å². The molecule has 1 aromatic heterocycles. The first kappa shape index (κ1) is 13.7. The minimum absolute atomic E-state index is 0.211. The maximum Gasteiger partial charge on any atom is 0.128 e. The first-order valence-corrected chi connectivity index (χ1v) is 6.94. The molecule has 19 heavy (non-hydrogen) atoms. The molecule has 2 rings (SSSR count). The summed E-state index contributed by atoms with van der Waals surface area (Å²) in [5.41, 5.74) is 1.48. The molecule has 1 aromatic carbocycles. The van der Waals surface area contributed by atoms with Crippen LogP contribution in [-0.2, 0) is 6.54 Å². The zero-order valence-electron chi connectivity index (χ0n) is 10.9. The lowest BCUT2D eigenvalue weighted by atomic mass is 10.1. The summed E-state index contributed by atoms with van der Waals surface area (Å²) >= 11 is 1.38. The quantitative estimate of drug-likeness (QED) is 0.917. The topological polar surface area (TPSA) is 35.8 Å². The number of thiophene rings is 1. The van der Waals surface area contributed by atoms with Crippen LogP contribution in [0.15, 0.2) is 30.3 Å². The van der Waals surface area contributed by atoms with Crippen molar-refractivity contribution in [3.05, 3.63) is 46.6 Å². The molecule has 0 amide bonds. The van der Waals surface area contributed by atoms with E-state index in [0.29, 0.717) is 23.0 Å². The highest BCUT2D eigenvalue weighted by molar-refractivity contribution is 7.16. The summed E-state index contributed by atoms with van der Waals surface area (Å²) in [6.07, 6.45) is 0. The highest BCUT2D eigenvalue weighted by Crippen LogP contribution is 2.28. The van der Waals surface area contributed by atoms with Crippen LogP contribution >= 0.6 is 11.3 Å². The first-order valence-electron chi connectivity index (χ1n) is 6.12. The number of rotatable bonds is 4. The number of nitrogens with zero attached hydrogens (tertiary/aromatic N) is 1. The van der Waals surface area contributed by atoms with E-state index in [4.69, 9.17) is 5.26 Å². The molecule has 0 atom stereocenters. The third-order valence-corrected chi connectivity index (χ3v) is 3.79. The van der Waals surface area contributed by atoms with Crippen LogP contribution in [0.2, 0.25) is 0 Å². The van der Waals surface area contributed by atoms with Gasteiger partial charge in [-0.1, -0.05) is 26.0 Å². The van der Waals surface area contributed by atoms with E-state index in [0.717, 1.165) is 10.4 Å². The fraction of sp³-hybridized carbons (Fsp3) is 0.267. The van der Waals surface area contributed by atoms with Gasteiger partial charge < -0.3 is 5.32 Å². The summed E-state index contributed by atoms with van der Waals surface area (Å²) in [5.74, 6) is -0.211. The van der Waals surface area contributed by atoms with E-state index in [1.54, 1.807) is 12.1 Å². The second-order valence-corrected chi connectivity index (χ2v) is 5.70. The van der Waals surface area contributed by atoms with Gasteiger partial charge in [-0.05, 0) is 23.8 Å². The molecule has 1 heterocycles. The minimum atomic E-state index is -0.211. The lowest BCUT2D eigenvalue weighted by molar-refractivity contribution is 0.553. The standard InChI is InChI=1S/C15H15FN2S/c1-10(2)18-9-12-4-3-11(7-14(12)16)15-6-5-13(8-17)19-15/h3-7,10,18H,9H2,1-2H3. The van der Waals surface area contributed by atoms with Gasteiger partial charge in [0.1, 0.15) is 16.8 Å². The second kappa shape index (κ2) is 5.96. The van der Waals surface area contributed by atoms with E-state index in [1.807, 2.05) is 26.0 Å². The van der Waals surface area contributed by atoms with Crippen molar-refractivity contribution < 1.29 is 4.39 Å². The predicted octanol–water partition coefficient (Wildman–Crippen LogP) is 3.92. The molecular weight excluding hydrogens is 259 g/mol. The molecular formula is C15H15FN2S. The molecule has 1 N–H and O–H groups in total. The number of benzene rings is 1. The van der Waals surface area contributed by atoms with Gasteiger partial charge in [-0.25, -0.2) is 4.39 Å². The van der Waals surface area contributed by atoms with Gasteiger partial charge in [-0.2, -0.15) is 5.26 Å². The van der Waals surface area contributed by atoms with Crippen LogP contribution in [0.1, 0.15) is 24.3 Å². The molecule has 0 saturated carbocycles. The van der Waals surface area contributed by atoms with Gasteiger partial charge in [0, 0.05) is 23.0 Å². The van der Waals surface area contributed by atoms with Crippen LogP contribution in [0.5, 0.6) is 0 Å². The van der Waals surface area contributed by atoms with Crippen molar-refractivity contribution in [3.63, 3.8) is 0 Å². The maximum absolute atomic E-state index is 14.0. The molecule has 2 nitrogen and oxygen atoms in total. The summed E-state index contributed by atoms with van der Waals surface area (Å²) in [5, 5.41) is 12.0. The lowest BCUT2D eigenvalue weighted by Crippen LogP contribution is -2.22. The number of halogens is 1. The van der Waals surface area contributed by atoms with Crippen LogP contribution in [-0.4, -0.2) is 6.04 Å². The second-order valence-electron chi connectivity index (χ2n) is 4.62. The van der Waals surface area contributed by atoms with E-state index in [9.17, 15) is 4.39 Å². The van der Waals surface area contributed by atoms with Crippen LogP contribution in [0.4, 0.5) is 4.39 Å². The normalized spacial score (nSPS) is 10.7. The summed E-state index contributed by atoms with van der Waals surface area (Å²) < 4.78 is 14.0. The molecule has 98 valence electrons. The van der Waals surface area contributed by atoms with Crippen molar-refractivity contribution in [1.82, 2.24) is 5.32 Å². The molecule has 0 saturated heterocycles. The highest BCUT2D eigenvalue weighted by atomic mass is 32.1. The van der Waals surface area contributed by atoms with E-state index >= 15 is 0 Å². The molecule has 0 aliphatic heterocycles. The van der Waals surface area contributed by atoms with Gasteiger partial charge in [0.15, 0.2) is 0 Å². The van der Waals surface area contributed by atoms with E-state index in [-0.39, 0.29) is 5.82 Å². The van der Waals surface area contributed by atoms with Gasteiger partial charge in [-0.15, -0.1) is 11.3 Å². The van der Waals surface area contributed by atoms with Crippen LogP contribution in [0.3, 0.4) is 0 Å². The number of nitriles is 1. The largest absolute Gasteiger partial charge is 0.310 e. The molecule has 0 spiro atoms. The molecule has 0 aliphatic rings. The van der Waals surface area contributed by atoms with Gasteiger partial charge in [0.25, 0.3) is 0 Å². The Morgan fingerprint density at radius 1 is 1.32 bits per heavy atom. The fourth-order valence-electron chi connectivity index (χ4n) is 1.71. The van der Waals surface area contributed by atoms with Crippen LogP contribution in [0.25, 0.3) is 10.4 Å². The Hall–Kier alpha value is -1.70. The summed E-state index contributed by atoms with van der Waals surface area (Å²) in [6, 6.07) is 11.3. The van der Waals surface area contributed by atoms with E-state index < -0.39 is 0 Å². The first-order chi connectivity index (χ1) is 9.10. The molecule has 0 radical (unpaired) electrons. The molecule has 0 aliphatic carbocycles. The SMILES string of the molecule is CC(C)NCc1ccc(-c2ccc(C#N)s2)cc1F. The molecule has 2 aromatic rings. The third-order valence-electron chi connectivity index (χ3n) is 2.75. The highest BCUT2D eigenvalue weighted by Gasteiger charge is 2.07. The summed E-state index contributed by atoms with van der Waals surface area (Å²) in [6.45, 7) is 4.58. The monoisotopic (exact) mass is 274 g/mol. The van der Waals surface area contributed by atoms with Crippen molar-refractivity contribution in [1.29, 1.82) is 5.26 Å². The van der Waals surface area contributed by atoms with Gasteiger partial charge in [0.05, 0.1) is 0 Å². The van der Waals surface area contributed by atoms with Crippen molar-refractivity contribution in [2.75, 3.05) is 0 Å². The van der Waals surface area contributed by atoms with Gasteiger partial charge in [0.2, 0.25) is 0 Å². The van der Waals surface area contributed by atoms with E-state index in [1.165, 1.54) is 17.4 Å². The predicted molar refractivity (Wildman–Crippen MR) is 76.4 cm³/mol. The Labute approximate surface area is 116 Å². The average molecular weight is 274 g/mol. The fourth-order valence-corrected chi connectivity index (χ4v) is 2.51. The molecule has 0 fully saturated rings. The maximum atomic E-state index is 14.0. The third kappa shape index (κ3) is 3.40. The zero-order valence-corrected chi connectivity index (χ0v) is 11.7. The number of nitrogens with one attached hydrogen (secondary N) is 1.